The number of nitriles is 1. The van der Waals surface area contributed by atoms with Crippen LogP contribution in [0.25, 0.3) is 75.8 Å². The van der Waals surface area contributed by atoms with E-state index in [1.54, 1.807) is 18.2 Å². The van der Waals surface area contributed by atoms with Crippen molar-refractivity contribution in [3.05, 3.63) is 156 Å². The van der Waals surface area contributed by atoms with Gasteiger partial charge in [0.05, 0.1) is 58.2 Å². The Morgan fingerprint density at radius 3 is 1.57 bits per heavy atom. The summed E-state index contributed by atoms with van der Waals surface area (Å²) in [5, 5.41) is 14.0. The van der Waals surface area contributed by atoms with Crippen molar-refractivity contribution in [2.75, 3.05) is 0 Å². The molecule has 202 valence electrons. The van der Waals surface area contributed by atoms with Crippen molar-refractivity contribution in [1.82, 2.24) is 9.13 Å². The van der Waals surface area contributed by atoms with Gasteiger partial charge < -0.3 is 9.13 Å². The van der Waals surface area contributed by atoms with Crippen LogP contribution in [0.2, 0.25) is 0 Å². The fourth-order valence-electron chi connectivity index (χ4n) is 6.44. The van der Waals surface area contributed by atoms with E-state index < -0.39 is 0 Å². The molecule has 0 spiro atoms. The first-order valence-electron chi connectivity index (χ1n) is 14.2. The number of para-hydroxylation sites is 4. The molecule has 0 atom stereocenters. The summed E-state index contributed by atoms with van der Waals surface area (Å²) in [5.74, 6) is 0. The van der Waals surface area contributed by atoms with Crippen molar-refractivity contribution in [2.45, 2.75) is 0 Å². The second kappa shape index (κ2) is 9.74. The van der Waals surface area contributed by atoms with E-state index >= 15 is 0 Å². The van der Waals surface area contributed by atoms with Crippen molar-refractivity contribution in [2.24, 2.45) is 0 Å². The van der Waals surface area contributed by atoms with Crippen molar-refractivity contribution >= 4 is 55.0 Å². The third-order valence-corrected chi connectivity index (χ3v) is 8.39. The van der Waals surface area contributed by atoms with Gasteiger partial charge in [0.1, 0.15) is 0 Å². The molecular weight excluding hydrogens is 538 g/mol. The molecule has 6 aromatic carbocycles. The lowest BCUT2D eigenvalue weighted by atomic mass is 10.0. The highest BCUT2D eigenvalue weighted by atomic mass is 15.0. The van der Waals surface area contributed by atoms with Gasteiger partial charge in [0.25, 0.3) is 0 Å². The minimum atomic E-state index is 0.498. The van der Waals surface area contributed by atoms with E-state index in [-0.39, 0.29) is 0 Å². The Balaban J connectivity index is 1.36. The fourth-order valence-corrected chi connectivity index (χ4v) is 6.44. The second-order valence-corrected chi connectivity index (χ2v) is 10.7. The van der Waals surface area contributed by atoms with Crippen LogP contribution in [0.5, 0.6) is 0 Å². The van der Waals surface area contributed by atoms with E-state index in [1.165, 1.54) is 0 Å². The Bertz CT molecular complexity index is 2600. The largest absolute Gasteiger partial charge is 0.319 e. The number of benzene rings is 6. The molecule has 2 aromatic heterocycles. The van der Waals surface area contributed by atoms with E-state index in [1.807, 2.05) is 42.5 Å². The minimum absolute atomic E-state index is 0.498. The Labute approximate surface area is 253 Å². The van der Waals surface area contributed by atoms with E-state index in [0.717, 1.165) is 60.4 Å². The first-order chi connectivity index (χ1) is 21.7. The zero-order valence-electron chi connectivity index (χ0n) is 23.4. The van der Waals surface area contributed by atoms with Crippen molar-refractivity contribution < 1.29 is 0 Å². The molecule has 0 radical (unpaired) electrons. The average Bonchev–Trinajstić information content (AvgIpc) is 3.60. The molecule has 0 aliphatic heterocycles. The number of hydrogen-bond donors (Lipinski definition) is 0. The predicted molar refractivity (Wildman–Crippen MR) is 178 cm³/mol. The second-order valence-electron chi connectivity index (χ2n) is 10.7. The highest BCUT2D eigenvalue weighted by Crippen LogP contribution is 2.40. The number of rotatable bonds is 3. The van der Waals surface area contributed by atoms with Gasteiger partial charge in [-0.3, -0.25) is 0 Å². The standard InChI is InChI=1S/C39H21N5/c1-41-32-11-5-8-14-38(32)43-34-12-6-3-9-28(34)30-22-26(16-19-36(30)43)27-17-20-37-31(23-27)29-10-4-7-13-35(29)44(37)39-21-25(24-40)15-18-33(39)42-2/h3-23H. The summed E-state index contributed by atoms with van der Waals surface area (Å²) < 4.78 is 4.28. The third kappa shape index (κ3) is 3.63. The molecule has 0 aliphatic rings. The SMILES string of the molecule is [C-]#[N+]c1ccccc1-n1c2ccccc2c2cc(-c3ccc4c(c3)c3ccccc3n4-c3cc(C#N)ccc3[N+]#[C-])ccc21. The molecule has 0 amide bonds. The molecule has 8 aromatic rings. The smallest absolute Gasteiger partial charge is 0.210 e. The van der Waals surface area contributed by atoms with Crippen LogP contribution in [-0.2, 0) is 0 Å². The maximum atomic E-state index is 9.59. The fraction of sp³-hybridized carbons (Fsp3) is 0. The van der Waals surface area contributed by atoms with Gasteiger partial charge >= 0.3 is 0 Å². The summed E-state index contributed by atoms with van der Waals surface area (Å²) in [4.78, 5) is 7.57. The molecule has 0 saturated carbocycles. The average molecular weight is 560 g/mol. The molecule has 0 unspecified atom stereocenters. The summed E-state index contributed by atoms with van der Waals surface area (Å²) in [6.07, 6.45) is 0. The van der Waals surface area contributed by atoms with Crippen LogP contribution in [-0.4, -0.2) is 9.13 Å². The molecule has 0 saturated heterocycles. The molecule has 5 heteroatoms. The minimum Gasteiger partial charge on any atom is -0.319 e. The maximum absolute atomic E-state index is 9.59. The van der Waals surface area contributed by atoms with E-state index in [2.05, 4.69) is 91.6 Å². The van der Waals surface area contributed by atoms with E-state index in [4.69, 9.17) is 13.1 Å². The molecule has 44 heavy (non-hydrogen) atoms. The van der Waals surface area contributed by atoms with Crippen LogP contribution in [0.1, 0.15) is 5.56 Å². The summed E-state index contributed by atoms with van der Waals surface area (Å²) in [6, 6.07) is 44.7. The molecule has 0 aliphatic carbocycles. The molecule has 2 heterocycles. The van der Waals surface area contributed by atoms with Gasteiger partial charge in [0.2, 0.25) is 11.4 Å². The van der Waals surface area contributed by atoms with Gasteiger partial charge in [-0.25, -0.2) is 9.69 Å². The maximum Gasteiger partial charge on any atom is 0.210 e. The van der Waals surface area contributed by atoms with Crippen molar-refractivity contribution in [3.8, 4) is 28.6 Å². The van der Waals surface area contributed by atoms with Crippen LogP contribution < -0.4 is 0 Å². The molecule has 5 nitrogen and oxygen atoms in total. The first-order valence-corrected chi connectivity index (χ1v) is 14.2. The van der Waals surface area contributed by atoms with Gasteiger partial charge in [0.15, 0.2) is 0 Å². The van der Waals surface area contributed by atoms with Gasteiger partial charge in [0, 0.05) is 21.5 Å². The Hall–Kier alpha value is -6.61. The van der Waals surface area contributed by atoms with Crippen molar-refractivity contribution in [1.29, 1.82) is 5.26 Å². The summed E-state index contributed by atoms with van der Waals surface area (Å²) in [7, 11) is 0. The monoisotopic (exact) mass is 559 g/mol. The predicted octanol–water partition coefficient (Wildman–Crippen LogP) is 10.5. The van der Waals surface area contributed by atoms with Crippen LogP contribution >= 0.6 is 0 Å². The quantitative estimate of drug-likeness (QED) is 0.199. The number of hydrogen-bond acceptors (Lipinski definition) is 1. The van der Waals surface area contributed by atoms with Gasteiger partial charge in [-0.15, -0.1) is 0 Å². The number of nitrogens with zero attached hydrogens (tertiary/aromatic N) is 5. The summed E-state index contributed by atoms with van der Waals surface area (Å²) in [5.41, 5.74) is 9.43. The molecule has 8 rings (SSSR count). The lowest BCUT2D eigenvalue weighted by molar-refractivity contribution is 1.18. The van der Waals surface area contributed by atoms with Gasteiger partial charge in [-0.2, -0.15) is 5.26 Å². The Kier molecular flexibility index (Phi) is 5.56. The molecular formula is C39H21N5. The van der Waals surface area contributed by atoms with Crippen LogP contribution in [0, 0.1) is 24.5 Å². The Morgan fingerprint density at radius 1 is 0.477 bits per heavy atom. The first kappa shape index (κ1) is 25.1. The number of aromatic nitrogens is 2. The van der Waals surface area contributed by atoms with E-state index in [0.29, 0.717) is 22.6 Å². The highest BCUT2D eigenvalue weighted by molar-refractivity contribution is 6.13. The lowest BCUT2D eigenvalue weighted by Crippen LogP contribution is -1.95. The van der Waals surface area contributed by atoms with Gasteiger partial charge in [-0.05, 0) is 59.7 Å². The molecule has 0 N–H and O–H groups in total. The summed E-state index contributed by atoms with van der Waals surface area (Å²) >= 11 is 0. The van der Waals surface area contributed by atoms with Crippen LogP contribution in [0.4, 0.5) is 11.4 Å². The van der Waals surface area contributed by atoms with Crippen LogP contribution in [0.3, 0.4) is 0 Å². The third-order valence-electron chi connectivity index (χ3n) is 8.39. The normalized spacial score (nSPS) is 11.1. The van der Waals surface area contributed by atoms with Crippen molar-refractivity contribution in [3.63, 3.8) is 0 Å². The van der Waals surface area contributed by atoms with Crippen LogP contribution in [0.15, 0.2) is 127 Å². The lowest BCUT2D eigenvalue weighted by Gasteiger charge is -2.11. The molecule has 0 bridgehead atoms. The molecule has 0 fully saturated rings. The van der Waals surface area contributed by atoms with Gasteiger partial charge in [-0.1, -0.05) is 78.9 Å². The topological polar surface area (TPSA) is 42.4 Å². The Morgan fingerprint density at radius 2 is 0.977 bits per heavy atom. The zero-order valence-corrected chi connectivity index (χ0v) is 23.4. The highest BCUT2D eigenvalue weighted by Gasteiger charge is 2.18. The van der Waals surface area contributed by atoms with E-state index in [9.17, 15) is 5.26 Å². The zero-order chi connectivity index (χ0) is 29.8. The number of fused-ring (bicyclic) bond motifs is 6. The summed E-state index contributed by atoms with van der Waals surface area (Å²) in [6.45, 7) is 15.5.